The van der Waals surface area contributed by atoms with Crippen molar-refractivity contribution in [3.8, 4) is 6.07 Å². The Labute approximate surface area is 82.0 Å². The van der Waals surface area contributed by atoms with E-state index >= 15 is 0 Å². The Morgan fingerprint density at radius 3 is 2.69 bits per heavy atom. The van der Waals surface area contributed by atoms with E-state index in [9.17, 15) is 10.1 Å². The van der Waals surface area contributed by atoms with Crippen molar-refractivity contribution < 1.29 is 4.92 Å². The van der Waals surface area contributed by atoms with E-state index in [4.69, 9.17) is 11.0 Å². The van der Waals surface area contributed by atoms with Gasteiger partial charge in [-0.2, -0.15) is 5.26 Å². The summed E-state index contributed by atoms with van der Waals surface area (Å²) < 4.78 is 0.253. The Kier molecular flexibility index (Phi) is 2.49. The molecule has 0 radical (unpaired) electrons. The highest BCUT2D eigenvalue weighted by molar-refractivity contribution is 9.10. The third kappa shape index (κ3) is 1.76. The van der Waals surface area contributed by atoms with Crippen LogP contribution in [0.4, 0.5) is 11.4 Å². The van der Waals surface area contributed by atoms with Crippen LogP contribution >= 0.6 is 15.9 Å². The highest BCUT2D eigenvalue weighted by Crippen LogP contribution is 2.29. The fourth-order valence-electron chi connectivity index (χ4n) is 0.815. The summed E-state index contributed by atoms with van der Waals surface area (Å²) >= 11 is 2.97. The lowest BCUT2D eigenvalue weighted by molar-refractivity contribution is -0.385. The summed E-state index contributed by atoms with van der Waals surface area (Å²) in [5, 5.41) is 19.0. The summed E-state index contributed by atoms with van der Waals surface area (Å²) in [7, 11) is 0. The zero-order chi connectivity index (χ0) is 10.0. The maximum atomic E-state index is 10.4. The number of rotatable bonds is 1. The molecule has 0 saturated heterocycles. The van der Waals surface area contributed by atoms with E-state index in [1.54, 1.807) is 0 Å². The van der Waals surface area contributed by atoms with E-state index in [0.717, 1.165) is 6.07 Å². The fourth-order valence-corrected chi connectivity index (χ4v) is 1.30. The lowest BCUT2D eigenvalue weighted by atomic mass is 10.2. The van der Waals surface area contributed by atoms with E-state index in [-0.39, 0.29) is 21.4 Å². The maximum Gasteiger partial charge on any atom is 0.285 e. The molecule has 0 unspecified atom stereocenters. The Hall–Kier alpha value is -1.61. The molecule has 0 aliphatic heterocycles. The molecule has 0 bridgehead atoms. The monoisotopic (exact) mass is 241 g/mol. The lowest BCUT2D eigenvalue weighted by Gasteiger charge is -1.99. The molecule has 0 atom stereocenters. The molecule has 0 saturated carbocycles. The molecule has 0 heterocycles. The van der Waals surface area contributed by atoms with Crippen LogP contribution in [-0.4, -0.2) is 4.92 Å². The largest absolute Gasteiger partial charge is 0.397 e. The van der Waals surface area contributed by atoms with Gasteiger partial charge in [0.1, 0.15) is 6.07 Å². The van der Waals surface area contributed by atoms with E-state index < -0.39 is 4.92 Å². The summed E-state index contributed by atoms with van der Waals surface area (Å²) in [6, 6.07) is 4.31. The fraction of sp³-hybridized carbons (Fsp3) is 0. The van der Waals surface area contributed by atoms with Crippen LogP contribution in [0.2, 0.25) is 0 Å². The number of nitro benzene ring substituents is 1. The summed E-state index contributed by atoms with van der Waals surface area (Å²) in [6.45, 7) is 0. The molecule has 2 N–H and O–H groups in total. The van der Waals surface area contributed by atoms with Crippen molar-refractivity contribution in [1.82, 2.24) is 0 Å². The molecule has 13 heavy (non-hydrogen) atoms. The minimum absolute atomic E-state index is 0.109. The minimum Gasteiger partial charge on any atom is -0.397 e. The number of hydrogen-bond acceptors (Lipinski definition) is 4. The van der Waals surface area contributed by atoms with Crippen LogP contribution in [0.1, 0.15) is 5.56 Å². The van der Waals surface area contributed by atoms with Crippen LogP contribution in [0.3, 0.4) is 0 Å². The van der Waals surface area contributed by atoms with Crippen LogP contribution in [0.25, 0.3) is 0 Å². The molecule has 0 aliphatic rings. The molecule has 0 amide bonds. The first-order valence-corrected chi connectivity index (χ1v) is 3.99. The van der Waals surface area contributed by atoms with Gasteiger partial charge in [-0.1, -0.05) is 0 Å². The van der Waals surface area contributed by atoms with Gasteiger partial charge in [-0.3, -0.25) is 10.1 Å². The average Bonchev–Trinajstić information content (AvgIpc) is 2.07. The Morgan fingerprint density at radius 2 is 2.23 bits per heavy atom. The first-order chi connectivity index (χ1) is 6.06. The minimum atomic E-state index is -0.568. The Balaban J connectivity index is 3.39. The van der Waals surface area contributed by atoms with Gasteiger partial charge in [-0.15, -0.1) is 0 Å². The van der Waals surface area contributed by atoms with Crippen LogP contribution in [0.5, 0.6) is 0 Å². The van der Waals surface area contributed by atoms with Crippen molar-refractivity contribution in [2.24, 2.45) is 0 Å². The van der Waals surface area contributed by atoms with Gasteiger partial charge in [-0.25, -0.2) is 0 Å². The number of hydrogen-bond donors (Lipinski definition) is 1. The molecule has 0 aromatic heterocycles. The SMILES string of the molecule is N#Cc1cc(Br)c([N+](=O)[O-])cc1N. The number of nitrogens with zero attached hydrogens (tertiary/aromatic N) is 2. The molecule has 1 aromatic rings. The topological polar surface area (TPSA) is 92.9 Å². The quantitative estimate of drug-likeness (QED) is 0.461. The third-order valence-corrected chi connectivity index (χ3v) is 2.07. The molecule has 1 aromatic carbocycles. The molecule has 1 rings (SSSR count). The zero-order valence-corrected chi connectivity index (χ0v) is 7.91. The molecule has 6 heteroatoms. The Morgan fingerprint density at radius 1 is 1.62 bits per heavy atom. The van der Waals surface area contributed by atoms with Crippen molar-refractivity contribution >= 4 is 27.3 Å². The molecular weight excluding hydrogens is 238 g/mol. The number of nitriles is 1. The smallest absolute Gasteiger partial charge is 0.285 e. The van der Waals surface area contributed by atoms with Crippen LogP contribution in [0, 0.1) is 21.4 Å². The van der Waals surface area contributed by atoms with Crippen LogP contribution in [-0.2, 0) is 0 Å². The summed E-state index contributed by atoms with van der Waals surface area (Å²) in [6.07, 6.45) is 0. The lowest BCUT2D eigenvalue weighted by Crippen LogP contribution is -1.95. The predicted octanol–water partition coefficient (Wildman–Crippen LogP) is 1.81. The van der Waals surface area contributed by atoms with Gasteiger partial charge in [0.2, 0.25) is 0 Å². The average molecular weight is 242 g/mol. The van der Waals surface area contributed by atoms with Crippen molar-refractivity contribution in [2.75, 3.05) is 5.73 Å². The van der Waals surface area contributed by atoms with E-state index in [2.05, 4.69) is 15.9 Å². The second-order valence-corrected chi connectivity index (χ2v) is 3.11. The second kappa shape index (κ2) is 3.41. The second-order valence-electron chi connectivity index (χ2n) is 2.26. The normalized spacial score (nSPS) is 9.23. The van der Waals surface area contributed by atoms with Crippen molar-refractivity contribution in [1.29, 1.82) is 5.26 Å². The molecule has 66 valence electrons. The van der Waals surface area contributed by atoms with Crippen molar-refractivity contribution in [2.45, 2.75) is 0 Å². The highest BCUT2D eigenvalue weighted by atomic mass is 79.9. The standard InChI is InChI=1S/C7H4BrN3O2/c8-5-1-4(3-9)6(10)2-7(5)11(12)13/h1-2H,10H2. The number of nitro groups is 1. The van der Waals surface area contributed by atoms with Gasteiger partial charge < -0.3 is 5.73 Å². The van der Waals surface area contributed by atoms with Crippen LogP contribution in [0.15, 0.2) is 16.6 Å². The van der Waals surface area contributed by atoms with Gasteiger partial charge in [0.15, 0.2) is 0 Å². The first kappa shape index (κ1) is 9.48. The summed E-state index contributed by atoms with van der Waals surface area (Å²) in [4.78, 5) is 9.84. The number of nitrogen functional groups attached to an aromatic ring is 1. The van der Waals surface area contributed by atoms with Gasteiger partial charge >= 0.3 is 0 Å². The molecule has 5 nitrogen and oxygen atoms in total. The number of halogens is 1. The van der Waals surface area contributed by atoms with Gasteiger partial charge in [0, 0.05) is 6.07 Å². The molecule has 0 spiro atoms. The zero-order valence-electron chi connectivity index (χ0n) is 6.32. The van der Waals surface area contributed by atoms with E-state index in [1.807, 2.05) is 6.07 Å². The summed E-state index contributed by atoms with van der Waals surface area (Å²) in [5.74, 6) is 0. The molecule has 0 fully saturated rings. The van der Waals surface area contributed by atoms with E-state index in [1.165, 1.54) is 6.07 Å². The van der Waals surface area contributed by atoms with Gasteiger partial charge in [-0.05, 0) is 22.0 Å². The molecular formula is C7H4BrN3O2. The van der Waals surface area contributed by atoms with Crippen LogP contribution < -0.4 is 5.73 Å². The Bertz CT molecular complexity index is 411. The summed E-state index contributed by atoms with van der Waals surface area (Å²) in [5.41, 5.74) is 5.58. The van der Waals surface area contributed by atoms with Gasteiger partial charge in [0.25, 0.3) is 5.69 Å². The number of nitrogens with two attached hydrogens (primary N) is 1. The highest BCUT2D eigenvalue weighted by Gasteiger charge is 2.14. The number of benzene rings is 1. The van der Waals surface area contributed by atoms with Gasteiger partial charge in [0.05, 0.1) is 20.6 Å². The van der Waals surface area contributed by atoms with E-state index in [0.29, 0.717) is 0 Å². The maximum absolute atomic E-state index is 10.4. The molecule has 0 aliphatic carbocycles. The first-order valence-electron chi connectivity index (χ1n) is 3.19. The number of anilines is 1. The third-order valence-electron chi connectivity index (χ3n) is 1.44. The van der Waals surface area contributed by atoms with Crippen molar-refractivity contribution in [3.05, 3.63) is 32.3 Å². The van der Waals surface area contributed by atoms with Crippen molar-refractivity contribution in [3.63, 3.8) is 0 Å². The predicted molar refractivity (Wildman–Crippen MR) is 49.9 cm³/mol.